The number of rotatable bonds is 6. The molecule has 5 nitrogen and oxygen atoms in total. The van der Waals surface area contributed by atoms with E-state index in [0.29, 0.717) is 24.9 Å². The van der Waals surface area contributed by atoms with Crippen LogP contribution in [0.5, 0.6) is 5.75 Å². The van der Waals surface area contributed by atoms with E-state index in [0.717, 1.165) is 21.5 Å². The zero-order valence-electron chi connectivity index (χ0n) is 12.6. The van der Waals surface area contributed by atoms with E-state index in [4.69, 9.17) is 9.15 Å². The third-order valence-electron chi connectivity index (χ3n) is 3.16. The number of hydrogen-bond donors (Lipinski definition) is 1. The van der Waals surface area contributed by atoms with Gasteiger partial charge in [-0.25, -0.2) is 0 Å². The number of nitrogens with zero attached hydrogens (tertiary/aromatic N) is 2. The summed E-state index contributed by atoms with van der Waals surface area (Å²) in [5.41, 5.74) is 1.78. The lowest BCUT2D eigenvalue weighted by Gasteiger charge is -2.10. The Morgan fingerprint density at radius 1 is 1.13 bits per heavy atom. The second-order valence-electron chi connectivity index (χ2n) is 4.79. The van der Waals surface area contributed by atoms with Crippen LogP contribution in [0.2, 0.25) is 0 Å². The van der Waals surface area contributed by atoms with Gasteiger partial charge in [0.15, 0.2) is 0 Å². The van der Waals surface area contributed by atoms with Gasteiger partial charge in [0, 0.05) is 10.0 Å². The Morgan fingerprint density at radius 2 is 2.00 bits per heavy atom. The molecular formula is C17H16BrN3O2. The molecule has 1 aromatic heterocycles. The third kappa shape index (κ3) is 3.90. The van der Waals surface area contributed by atoms with E-state index in [1.54, 1.807) is 0 Å². The molecule has 23 heavy (non-hydrogen) atoms. The highest BCUT2D eigenvalue weighted by atomic mass is 79.9. The lowest BCUT2D eigenvalue weighted by atomic mass is 10.2. The average Bonchev–Trinajstić information content (AvgIpc) is 3.03. The third-order valence-corrected chi connectivity index (χ3v) is 3.65. The number of halogens is 1. The van der Waals surface area contributed by atoms with Crippen molar-refractivity contribution in [3.63, 3.8) is 0 Å². The molecule has 3 aromatic rings. The van der Waals surface area contributed by atoms with Gasteiger partial charge in [0.25, 0.3) is 0 Å². The number of aromatic nitrogens is 2. The topological polar surface area (TPSA) is 60.2 Å². The van der Waals surface area contributed by atoms with E-state index >= 15 is 0 Å². The predicted octanol–water partition coefficient (Wildman–Crippen LogP) is 4.51. The van der Waals surface area contributed by atoms with Crippen molar-refractivity contribution < 1.29 is 9.15 Å². The van der Waals surface area contributed by atoms with Crippen molar-refractivity contribution in [3.05, 3.63) is 58.9 Å². The monoisotopic (exact) mass is 373 g/mol. The maximum absolute atomic E-state index is 5.70. The molecule has 0 amide bonds. The molecular weight excluding hydrogens is 358 g/mol. The van der Waals surface area contributed by atoms with Gasteiger partial charge < -0.3 is 14.5 Å². The fourth-order valence-corrected chi connectivity index (χ4v) is 2.53. The van der Waals surface area contributed by atoms with Gasteiger partial charge in [-0.2, -0.15) is 0 Å². The van der Waals surface area contributed by atoms with Crippen molar-refractivity contribution >= 4 is 21.6 Å². The van der Waals surface area contributed by atoms with Crippen molar-refractivity contribution in [2.75, 3.05) is 11.9 Å². The fourth-order valence-electron chi connectivity index (χ4n) is 2.13. The molecule has 1 heterocycles. The van der Waals surface area contributed by atoms with Gasteiger partial charge in [0.1, 0.15) is 5.75 Å². The van der Waals surface area contributed by atoms with Gasteiger partial charge in [0.05, 0.1) is 18.8 Å². The maximum Gasteiger partial charge on any atom is 0.247 e. The molecule has 1 N–H and O–H groups in total. The van der Waals surface area contributed by atoms with Crippen molar-refractivity contribution in [1.29, 1.82) is 0 Å². The van der Waals surface area contributed by atoms with Gasteiger partial charge in [-0.05, 0) is 37.3 Å². The Bertz CT molecular complexity index is 789. The molecule has 0 atom stereocenters. The molecule has 0 unspecified atom stereocenters. The van der Waals surface area contributed by atoms with Crippen LogP contribution < -0.4 is 10.1 Å². The van der Waals surface area contributed by atoms with E-state index in [-0.39, 0.29) is 0 Å². The van der Waals surface area contributed by atoms with Crippen LogP contribution in [0.4, 0.5) is 5.69 Å². The summed E-state index contributed by atoms with van der Waals surface area (Å²) in [6, 6.07) is 15.5. The largest absolute Gasteiger partial charge is 0.492 e. The molecule has 6 heteroatoms. The summed E-state index contributed by atoms with van der Waals surface area (Å²) in [6.07, 6.45) is 0. The smallest absolute Gasteiger partial charge is 0.247 e. The highest BCUT2D eigenvalue weighted by molar-refractivity contribution is 9.10. The van der Waals surface area contributed by atoms with Crippen molar-refractivity contribution in [2.24, 2.45) is 0 Å². The number of hydrogen-bond acceptors (Lipinski definition) is 5. The van der Waals surface area contributed by atoms with Crippen LogP contribution in [0.25, 0.3) is 11.5 Å². The Labute approximate surface area is 142 Å². The number of nitrogens with one attached hydrogen (secondary N) is 1. The zero-order valence-corrected chi connectivity index (χ0v) is 14.2. The maximum atomic E-state index is 5.70. The minimum atomic E-state index is 0.436. The predicted molar refractivity (Wildman–Crippen MR) is 92.4 cm³/mol. The van der Waals surface area contributed by atoms with Gasteiger partial charge in [-0.15, -0.1) is 10.2 Å². The summed E-state index contributed by atoms with van der Waals surface area (Å²) in [5.74, 6) is 1.83. The van der Waals surface area contributed by atoms with E-state index < -0.39 is 0 Å². The summed E-state index contributed by atoms with van der Waals surface area (Å²) in [4.78, 5) is 0. The highest BCUT2D eigenvalue weighted by Crippen LogP contribution is 2.25. The van der Waals surface area contributed by atoms with E-state index in [1.165, 1.54) is 0 Å². The molecule has 0 bridgehead atoms. The van der Waals surface area contributed by atoms with Crippen LogP contribution in [0, 0.1) is 0 Å². The molecule has 3 rings (SSSR count). The molecule has 2 aromatic carbocycles. The highest BCUT2D eigenvalue weighted by Gasteiger charge is 2.09. The van der Waals surface area contributed by atoms with Crippen molar-refractivity contribution in [2.45, 2.75) is 13.5 Å². The Hall–Kier alpha value is -2.34. The summed E-state index contributed by atoms with van der Waals surface area (Å²) in [7, 11) is 0. The number of para-hydroxylation sites is 2. The molecule has 0 aliphatic heterocycles. The summed E-state index contributed by atoms with van der Waals surface area (Å²) < 4.78 is 12.2. The van der Waals surface area contributed by atoms with E-state index in [2.05, 4.69) is 31.4 Å². The molecule has 0 saturated heterocycles. The number of ether oxygens (including phenoxy) is 1. The second-order valence-corrected chi connectivity index (χ2v) is 5.71. The quantitative estimate of drug-likeness (QED) is 0.688. The average molecular weight is 374 g/mol. The second kappa shape index (κ2) is 7.28. The lowest BCUT2D eigenvalue weighted by Crippen LogP contribution is -2.02. The molecule has 118 valence electrons. The van der Waals surface area contributed by atoms with E-state index in [1.807, 2.05) is 55.5 Å². The van der Waals surface area contributed by atoms with Gasteiger partial charge in [-0.3, -0.25) is 0 Å². The van der Waals surface area contributed by atoms with Crippen LogP contribution in [-0.4, -0.2) is 16.8 Å². The van der Waals surface area contributed by atoms with Gasteiger partial charge in [0.2, 0.25) is 11.8 Å². The summed E-state index contributed by atoms with van der Waals surface area (Å²) >= 11 is 3.43. The Morgan fingerprint density at radius 3 is 2.83 bits per heavy atom. The summed E-state index contributed by atoms with van der Waals surface area (Å²) in [5, 5.41) is 11.4. The molecule has 0 spiro atoms. The Kier molecular flexibility index (Phi) is 4.92. The van der Waals surface area contributed by atoms with E-state index in [9.17, 15) is 0 Å². The van der Waals surface area contributed by atoms with Crippen LogP contribution in [0.1, 0.15) is 12.8 Å². The minimum Gasteiger partial charge on any atom is -0.492 e. The van der Waals surface area contributed by atoms with Crippen LogP contribution >= 0.6 is 15.9 Å². The lowest BCUT2D eigenvalue weighted by molar-refractivity contribution is 0.341. The van der Waals surface area contributed by atoms with Crippen molar-refractivity contribution in [3.8, 4) is 17.2 Å². The first-order valence-corrected chi connectivity index (χ1v) is 8.09. The van der Waals surface area contributed by atoms with Crippen molar-refractivity contribution in [1.82, 2.24) is 10.2 Å². The summed E-state index contributed by atoms with van der Waals surface area (Å²) in [6.45, 7) is 3.01. The first-order valence-electron chi connectivity index (χ1n) is 7.30. The number of benzene rings is 2. The van der Waals surface area contributed by atoms with Crippen LogP contribution in [0.15, 0.2) is 57.4 Å². The molecule has 0 aliphatic rings. The van der Waals surface area contributed by atoms with Gasteiger partial charge in [-0.1, -0.05) is 34.1 Å². The Balaban J connectivity index is 1.70. The molecule has 0 saturated carbocycles. The molecule has 0 aliphatic carbocycles. The van der Waals surface area contributed by atoms with Gasteiger partial charge >= 0.3 is 0 Å². The SMILES string of the molecule is CCOc1ccccc1NCc1nnc(-c2cccc(Br)c2)o1. The zero-order chi connectivity index (χ0) is 16.1. The normalized spacial score (nSPS) is 10.5. The fraction of sp³-hybridized carbons (Fsp3) is 0.176. The molecule has 0 radical (unpaired) electrons. The van der Waals surface area contributed by atoms with Crippen LogP contribution in [0.3, 0.4) is 0 Å². The van der Waals surface area contributed by atoms with Crippen LogP contribution in [-0.2, 0) is 6.54 Å². The number of anilines is 1. The first kappa shape index (κ1) is 15.6. The standard InChI is InChI=1S/C17H16BrN3O2/c1-2-22-15-9-4-3-8-14(15)19-11-16-20-21-17(23-16)12-6-5-7-13(18)10-12/h3-10,19H,2,11H2,1H3. The molecule has 0 fully saturated rings. The first-order chi connectivity index (χ1) is 11.3. The minimum absolute atomic E-state index is 0.436.